The van der Waals surface area contributed by atoms with Crippen LogP contribution >= 0.6 is 0 Å². The van der Waals surface area contributed by atoms with Crippen LogP contribution in [0.4, 0.5) is 0 Å². The molecule has 0 bridgehead atoms. The highest BCUT2D eigenvalue weighted by Gasteiger charge is 2.43. The number of hydrogen-bond donors (Lipinski definition) is 2. The van der Waals surface area contributed by atoms with E-state index >= 15 is 0 Å². The zero-order valence-corrected chi connectivity index (χ0v) is 12.1. The third-order valence-electron chi connectivity index (χ3n) is 4.14. The molecule has 3 heteroatoms. The van der Waals surface area contributed by atoms with Crippen LogP contribution in [0.5, 0.6) is 0 Å². The van der Waals surface area contributed by atoms with Crippen molar-refractivity contribution in [2.24, 2.45) is 11.7 Å². The molecule has 0 saturated heterocycles. The van der Waals surface area contributed by atoms with Crippen LogP contribution in [-0.4, -0.2) is 12.5 Å². The first-order valence-corrected chi connectivity index (χ1v) is 7.11. The highest BCUT2D eigenvalue weighted by Crippen LogP contribution is 2.41. The fourth-order valence-corrected chi connectivity index (χ4v) is 2.94. The molecule has 0 heterocycles. The number of nitrogens with two attached hydrogens (primary N) is 1. The lowest BCUT2D eigenvalue weighted by atomic mass is 9.71. The third-order valence-corrected chi connectivity index (χ3v) is 4.14. The van der Waals surface area contributed by atoms with Crippen LogP contribution in [-0.2, 0) is 10.3 Å². The second-order valence-corrected chi connectivity index (χ2v) is 6.07. The molecular weight excluding hydrogens is 236 g/mol. The van der Waals surface area contributed by atoms with E-state index in [9.17, 15) is 4.79 Å². The fourth-order valence-electron chi connectivity index (χ4n) is 2.94. The van der Waals surface area contributed by atoms with Crippen LogP contribution < -0.4 is 11.1 Å². The number of fused-ring (bicyclic) bond motifs is 1. The molecule has 0 aliphatic heterocycles. The van der Waals surface area contributed by atoms with Crippen LogP contribution in [0.25, 0.3) is 0 Å². The first-order valence-electron chi connectivity index (χ1n) is 7.11. The Morgan fingerprint density at radius 3 is 2.79 bits per heavy atom. The predicted octanol–water partition coefficient (Wildman–Crippen LogP) is 2.51. The van der Waals surface area contributed by atoms with Gasteiger partial charge in [0, 0.05) is 0 Å². The number of hydrogen-bond acceptors (Lipinski definition) is 2. The molecule has 2 atom stereocenters. The number of benzene rings is 1. The summed E-state index contributed by atoms with van der Waals surface area (Å²) in [6, 6.07) is 8.19. The molecule has 0 fully saturated rings. The van der Waals surface area contributed by atoms with Crippen molar-refractivity contribution in [2.75, 3.05) is 6.54 Å². The van der Waals surface area contributed by atoms with Crippen LogP contribution in [0.3, 0.4) is 0 Å². The Morgan fingerprint density at radius 2 is 2.16 bits per heavy atom. The molecule has 1 aliphatic carbocycles. The van der Waals surface area contributed by atoms with E-state index in [1.807, 2.05) is 18.2 Å². The van der Waals surface area contributed by atoms with Crippen molar-refractivity contribution in [3.8, 4) is 0 Å². The van der Waals surface area contributed by atoms with E-state index in [0.717, 1.165) is 24.9 Å². The van der Waals surface area contributed by atoms with Crippen molar-refractivity contribution in [3.63, 3.8) is 0 Å². The smallest absolute Gasteiger partial charge is 0.242 e. The first-order chi connectivity index (χ1) is 8.97. The predicted molar refractivity (Wildman–Crippen MR) is 77.8 cm³/mol. The van der Waals surface area contributed by atoms with Gasteiger partial charge in [0.05, 0.1) is 0 Å². The molecule has 19 heavy (non-hydrogen) atoms. The monoisotopic (exact) mass is 260 g/mol. The van der Waals surface area contributed by atoms with Gasteiger partial charge in [-0.1, -0.05) is 45.0 Å². The van der Waals surface area contributed by atoms with E-state index in [-0.39, 0.29) is 5.91 Å². The quantitative estimate of drug-likeness (QED) is 0.874. The second kappa shape index (κ2) is 5.33. The number of amides is 1. The molecule has 3 N–H and O–H groups in total. The normalized spacial score (nSPS) is 26.2. The Morgan fingerprint density at radius 1 is 1.47 bits per heavy atom. The first kappa shape index (κ1) is 14.1. The standard InChI is InChI=1S/C16H24N2O/c1-11(2)10-18-16(15(17)19)9-8-12(3)13-6-4-5-7-14(13)16/h4-7,11-12,18H,8-10H2,1-3H3,(H2,17,19). The fraction of sp³-hybridized carbons (Fsp3) is 0.562. The summed E-state index contributed by atoms with van der Waals surface area (Å²) in [5, 5.41) is 3.44. The van der Waals surface area contributed by atoms with Gasteiger partial charge in [-0.2, -0.15) is 0 Å². The van der Waals surface area contributed by atoms with Gasteiger partial charge in [0.25, 0.3) is 0 Å². The van der Waals surface area contributed by atoms with Gasteiger partial charge in [-0.15, -0.1) is 0 Å². The summed E-state index contributed by atoms with van der Waals surface area (Å²) in [6.07, 6.45) is 1.78. The Bertz CT molecular complexity index is 470. The minimum Gasteiger partial charge on any atom is -0.368 e. The average Bonchev–Trinajstić information content (AvgIpc) is 2.38. The van der Waals surface area contributed by atoms with Crippen molar-refractivity contribution in [2.45, 2.75) is 45.1 Å². The molecule has 2 rings (SSSR count). The third kappa shape index (κ3) is 2.52. The van der Waals surface area contributed by atoms with Gasteiger partial charge in [0.1, 0.15) is 5.54 Å². The number of nitrogens with one attached hydrogen (secondary N) is 1. The minimum absolute atomic E-state index is 0.257. The number of primary amides is 1. The second-order valence-electron chi connectivity index (χ2n) is 6.07. The minimum atomic E-state index is -0.687. The van der Waals surface area contributed by atoms with E-state index in [1.54, 1.807) is 0 Å². The average molecular weight is 260 g/mol. The van der Waals surface area contributed by atoms with E-state index in [0.29, 0.717) is 11.8 Å². The molecule has 3 nitrogen and oxygen atoms in total. The lowest BCUT2D eigenvalue weighted by Crippen LogP contribution is -2.55. The number of rotatable bonds is 4. The topological polar surface area (TPSA) is 55.1 Å². The van der Waals surface area contributed by atoms with Crippen molar-refractivity contribution in [1.82, 2.24) is 5.32 Å². The molecule has 104 valence electrons. The molecule has 0 radical (unpaired) electrons. The zero-order chi connectivity index (χ0) is 14.0. The zero-order valence-electron chi connectivity index (χ0n) is 12.1. The van der Waals surface area contributed by atoms with Crippen molar-refractivity contribution >= 4 is 5.91 Å². The molecule has 1 aromatic carbocycles. The molecule has 1 amide bonds. The summed E-state index contributed by atoms with van der Waals surface area (Å²) in [5.41, 5.74) is 7.38. The summed E-state index contributed by atoms with van der Waals surface area (Å²) in [7, 11) is 0. The lowest BCUT2D eigenvalue weighted by Gasteiger charge is -2.40. The molecule has 2 unspecified atom stereocenters. The van der Waals surface area contributed by atoms with Crippen LogP contribution in [0.15, 0.2) is 24.3 Å². The summed E-state index contributed by atoms with van der Waals surface area (Å²) in [5.74, 6) is 0.722. The van der Waals surface area contributed by atoms with Gasteiger partial charge in [0.15, 0.2) is 0 Å². The van der Waals surface area contributed by atoms with Crippen LogP contribution in [0.2, 0.25) is 0 Å². The molecule has 0 spiro atoms. The summed E-state index contributed by atoms with van der Waals surface area (Å²) >= 11 is 0. The Labute approximate surface area is 115 Å². The largest absolute Gasteiger partial charge is 0.368 e. The maximum absolute atomic E-state index is 12.1. The van der Waals surface area contributed by atoms with Gasteiger partial charge in [-0.3, -0.25) is 10.1 Å². The van der Waals surface area contributed by atoms with Crippen molar-refractivity contribution < 1.29 is 4.79 Å². The summed E-state index contributed by atoms with van der Waals surface area (Å²) in [4.78, 5) is 12.1. The van der Waals surface area contributed by atoms with Crippen LogP contribution in [0.1, 0.15) is 50.7 Å². The van der Waals surface area contributed by atoms with Gasteiger partial charge >= 0.3 is 0 Å². The maximum Gasteiger partial charge on any atom is 0.242 e. The number of carbonyl (C=O) groups excluding carboxylic acids is 1. The molecular formula is C16H24N2O. The van der Waals surface area contributed by atoms with E-state index in [4.69, 9.17) is 5.73 Å². The van der Waals surface area contributed by atoms with Crippen LogP contribution in [0, 0.1) is 5.92 Å². The molecule has 1 aromatic rings. The van der Waals surface area contributed by atoms with E-state index in [1.165, 1.54) is 5.56 Å². The Balaban J connectivity index is 2.45. The molecule has 0 aromatic heterocycles. The lowest BCUT2D eigenvalue weighted by molar-refractivity contribution is -0.125. The van der Waals surface area contributed by atoms with Gasteiger partial charge in [-0.05, 0) is 42.3 Å². The van der Waals surface area contributed by atoms with Gasteiger partial charge in [-0.25, -0.2) is 0 Å². The van der Waals surface area contributed by atoms with Crippen molar-refractivity contribution in [1.29, 1.82) is 0 Å². The number of carbonyl (C=O) groups is 1. The maximum atomic E-state index is 12.1. The van der Waals surface area contributed by atoms with Gasteiger partial charge < -0.3 is 5.73 Å². The summed E-state index contributed by atoms with van der Waals surface area (Å²) < 4.78 is 0. The Kier molecular flexibility index (Phi) is 3.95. The van der Waals surface area contributed by atoms with E-state index < -0.39 is 5.54 Å². The molecule has 1 aliphatic rings. The van der Waals surface area contributed by atoms with E-state index in [2.05, 4.69) is 32.2 Å². The van der Waals surface area contributed by atoms with Gasteiger partial charge in [0.2, 0.25) is 5.91 Å². The Hall–Kier alpha value is -1.35. The summed E-state index contributed by atoms with van der Waals surface area (Å²) in [6.45, 7) is 7.29. The highest BCUT2D eigenvalue weighted by atomic mass is 16.1. The molecule has 0 saturated carbocycles. The van der Waals surface area contributed by atoms with Crippen molar-refractivity contribution in [3.05, 3.63) is 35.4 Å². The highest BCUT2D eigenvalue weighted by molar-refractivity contribution is 5.87. The SMILES string of the molecule is CC(C)CNC1(C(N)=O)CCC(C)c2ccccc21.